The molecule has 2 rings (SSSR count). The molecule has 0 amide bonds. The molecule has 82 valence electrons. The van der Waals surface area contributed by atoms with E-state index in [2.05, 4.69) is 24.3 Å². The number of hydrogen-bond donors (Lipinski definition) is 2. The van der Waals surface area contributed by atoms with Gasteiger partial charge in [-0.3, -0.25) is 5.41 Å². The summed E-state index contributed by atoms with van der Waals surface area (Å²) in [5, 5.41) is 7.55. The summed E-state index contributed by atoms with van der Waals surface area (Å²) in [4.78, 5) is 0. The van der Waals surface area contributed by atoms with E-state index < -0.39 is 0 Å². The van der Waals surface area contributed by atoms with Crippen molar-refractivity contribution in [3.8, 4) is 0 Å². The van der Waals surface area contributed by atoms with Crippen molar-refractivity contribution in [1.29, 1.82) is 5.41 Å². The van der Waals surface area contributed by atoms with Crippen molar-refractivity contribution in [2.24, 2.45) is 11.7 Å². The summed E-state index contributed by atoms with van der Waals surface area (Å²) in [6.07, 6.45) is 3.45. The minimum atomic E-state index is 0. The van der Waals surface area contributed by atoms with E-state index in [1.807, 2.05) is 6.07 Å². The van der Waals surface area contributed by atoms with Gasteiger partial charge in [0, 0.05) is 5.92 Å². The van der Waals surface area contributed by atoms with Crippen LogP contribution in [0.15, 0.2) is 30.3 Å². The van der Waals surface area contributed by atoms with Crippen molar-refractivity contribution in [1.82, 2.24) is 0 Å². The molecule has 0 saturated heterocycles. The Bertz CT molecular complexity index is 324. The predicted molar refractivity (Wildman–Crippen MR) is 65.7 cm³/mol. The van der Waals surface area contributed by atoms with E-state index in [9.17, 15) is 0 Å². The maximum absolute atomic E-state index is 7.55. The molecule has 2 nitrogen and oxygen atoms in total. The lowest BCUT2D eigenvalue weighted by molar-refractivity contribution is 0.616. The van der Waals surface area contributed by atoms with Crippen molar-refractivity contribution < 1.29 is 0 Å². The quantitative estimate of drug-likeness (QED) is 0.589. The highest BCUT2D eigenvalue weighted by molar-refractivity contribution is 5.85. The number of rotatable bonds is 2. The molecule has 1 aromatic rings. The number of benzene rings is 1. The molecule has 1 aliphatic rings. The van der Waals surface area contributed by atoms with Crippen LogP contribution < -0.4 is 5.73 Å². The fourth-order valence-electron chi connectivity index (χ4n) is 2.43. The van der Waals surface area contributed by atoms with Crippen LogP contribution in [-0.4, -0.2) is 5.84 Å². The van der Waals surface area contributed by atoms with Crippen molar-refractivity contribution >= 4 is 18.2 Å². The van der Waals surface area contributed by atoms with Gasteiger partial charge in [0.25, 0.3) is 0 Å². The Labute approximate surface area is 96.8 Å². The standard InChI is InChI=1S/C12H16N2.ClH/c13-12(14)11-8-4-7-10(11)9-5-2-1-3-6-9;/h1-3,5-6,10-11H,4,7-8H2,(H3,13,14);1H/t10-,11-;/m1./s1. The Morgan fingerprint density at radius 3 is 2.47 bits per heavy atom. The first-order valence-corrected chi connectivity index (χ1v) is 5.18. The van der Waals surface area contributed by atoms with Crippen LogP contribution in [-0.2, 0) is 0 Å². The Morgan fingerprint density at radius 1 is 1.20 bits per heavy atom. The van der Waals surface area contributed by atoms with Crippen LogP contribution in [0.1, 0.15) is 30.7 Å². The summed E-state index contributed by atoms with van der Waals surface area (Å²) in [6, 6.07) is 10.4. The van der Waals surface area contributed by atoms with Gasteiger partial charge in [0.1, 0.15) is 0 Å². The molecule has 0 spiro atoms. The molecule has 1 aliphatic carbocycles. The first-order valence-electron chi connectivity index (χ1n) is 5.18. The number of amidine groups is 1. The first kappa shape index (κ1) is 12.1. The summed E-state index contributed by atoms with van der Waals surface area (Å²) in [5.41, 5.74) is 6.95. The summed E-state index contributed by atoms with van der Waals surface area (Å²) >= 11 is 0. The molecule has 0 radical (unpaired) electrons. The van der Waals surface area contributed by atoms with E-state index in [0.29, 0.717) is 11.8 Å². The third kappa shape index (κ3) is 2.51. The van der Waals surface area contributed by atoms with Gasteiger partial charge in [0.15, 0.2) is 0 Å². The first-order chi connectivity index (χ1) is 6.79. The van der Waals surface area contributed by atoms with Crippen LogP contribution in [0.25, 0.3) is 0 Å². The maximum Gasteiger partial charge on any atom is 0.0943 e. The molecule has 1 saturated carbocycles. The molecule has 2 atom stereocenters. The average Bonchev–Trinajstić information content (AvgIpc) is 2.67. The molecule has 0 unspecified atom stereocenters. The molecule has 3 heteroatoms. The normalized spacial score (nSPS) is 24.5. The van der Waals surface area contributed by atoms with Gasteiger partial charge >= 0.3 is 0 Å². The van der Waals surface area contributed by atoms with Gasteiger partial charge in [-0.2, -0.15) is 0 Å². The van der Waals surface area contributed by atoms with Gasteiger partial charge in [0.05, 0.1) is 5.84 Å². The second-order valence-corrected chi connectivity index (χ2v) is 4.01. The molecule has 1 aromatic carbocycles. The average molecular weight is 225 g/mol. The van der Waals surface area contributed by atoms with Crippen LogP contribution in [0, 0.1) is 11.3 Å². The van der Waals surface area contributed by atoms with E-state index in [4.69, 9.17) is 11.1 Å². The lowest BCUT2D eigenvalue weighted by atomic mass is 9.88. The van der Waals surface area contributed by atoms with Crippen molar-refractivity contribution in [3.05, 3.63) is 35.9 Å². The Kier molecular flexibility index (Phi) is 4.15. The zero-order valence-electron chi connectivity index (χ0n) is 8.65. The molecule has 0 bridgehead atoms. The van der Waals surface area contributed by atoms with Gasteiger partial charge < -0.3 is 5.73 Å². The smallest absolute Gasteiger partial charge is 0.0943 e. The van der Waals surface area contributed by atoms with E-state index in [0.717, 1.165) is 6.42 Å². The van der Waals surface area contributed by atoms with Crippen molar-refractivity contribution in [2.45, 2.75) is 25.2 Å². The highest BCUT2D eigenvalue weighted by atomic mass is 35.5. The minimum Gasteiger partial charge on any atom is -0.387 e. The Morgan fingerprint density at radius 2 is 1.87 bits per heavy atom. The van der Waals surface area contributed by atoms with Crippen LogP contribution >= 0.6 is 12.4 Å². The van der Waals surface area contributed by atoms with Gasteiger partial charge in [-0.1, -0.05) is 36.8 Å². The van der Waals surface area contributed by atoms with Gasteiger partial charge in [-0.05, 0) is 24.3 Å². The van der Waals surface area contributed by atoms with Crippen LogP contribution in [0.3, 0.4) is 0 Å². The Hall–Kier alpha value is -1.02. The predicted octanol–water partition coefficient (Wildman–Crippen LogP) is 2.93. The lowest BCUT2D eigenvalue weighted by Gasteiger charge is -2.18. The molecule has 1 fully saturated rings. The van der Waals surface area contributed by atoms with Crippen molar-refractivity contribution in [3.63, 3.8) is 0 Å². The maximum atomic E-state index is 7.55. The van der Waals surface area contributed by atoms with Crippen LogP contribution in [0.4, 0.5) is 0 Å². The summed E-state index contributed by atoms with van der Waals surface area (Å²) in [6.45, 7) is 0. The lowest BCUT2D eigenvalue weighted by Crippen LogP contribution is -2.24. The molecule has 0 aliphatic heterocycles. The van der Waals surface area contributed by atoms with Gasteiger partial charge in [-0.25, -0.2) is 0 Å². The molecular weight excluding hydrogens is 208 g/mol. The second-order valence-electron chi connectivity index (χ2n) is 4.01. The van der Waals surface area contributed by atoms with E-state index in [1.165, 1.54) is 18.4 Å². The SMILES string of the molecule is Cl.N=C(N)[C@@H]1CCC[C@@H]1c1ccccc1. The van der Waals surface area contributed by atoms with Gasteiger partial charge in [0.2, 0.25) is 0 Å². The fraction of sp³-hybridized carbons (Fsp3) is 0.417. The van der Waals surface area contributed by atoms with Crippen molar-refractivity contribution in [2.75, 3.05) is 0 Å². The van der Waals surface area contributed by atoms with E-state index in [-0.39, 0.29) is 18.3 Å². The highest BCUT2D eigenvalue weighted by Crippen LogP contribution is 2.39. The fourth-order valence-corrected chi connectivity index (χ4v) is 2.43. The molecular formula is C12H17ClN2. The minimum absolute atomic E-state index is 0. The van der Waals surface area contributed by atoms with Gasteiger partial charge in [-0.15, -0.1) is 12.4 Å². The summed E-state index contributed by atoms with van der Waals surface area (Å²) in [5.74, 6) is 1.11. The highest BCUT2D eigenvalue weighted by Gasteiger charge is 2.30. The number of hydrogen-bond acceptors (Lipinski definition) is 1. The summed E-state index contributed by atoms with van der Waals surface area (Å²) in [7, 11) is 0. The zero-order chi connectivity index (χ0) is 9.97. The monoisotopic (exact) mass is 224 g/mol. The third-order valence-corrected chi connectivity index (χ3v) is 3.14. The molecule has 0 aromatic heterocycles. The number of halogens is 1. The number of nitrogens with one attached hydrogen (secondary N) is 1. The third-order valence-electron chi connectivity index (χ3n) is 3.14. The van der Waals surface area contributed by atoms with Crippen LogP contribution in [0.2, 0.25) is 0 Å². The second kappa shape index (κ2) is 5.17. The molecule has 0 heterocycles. The largest absolute Gasteiger partial charge is 0.387 e. The summed E-state index contributed by atoms with van der Waals surface area (Å²) < 4.78 is 0. The molecule has 3 N–H and O–H groups in total. The topological polar surface area (TPSA) is 49.9 Å². The van der Waals surface area contributed by atoms with E-state index in [1.54, 1.807) is 0 Å². The Balaban J connectivity index is 0.00000112. The van der Waals surface area contributed by atoms with Crippen LogP contribution in [0.5, 0.6) is 0 Å². The van der Waals surface area contributed by atoms with E-state index >= 15 is 0 Å². The number of nitrogens with two attached hydrogens (primary N) is 1. The molecule has 15 heavy (non-hydrogen) atoms. The zero-order valence-corrected chi connectivity index (χ0v) is 9.46.